The standard InChI is InChI=1S/C10H16NO/c1-3-5-7-10-11-9(6-4-2)8-12-10/h8H,1,3-7H2,2H3. The first-order chi connectivity index (χ1) is 5.86. The van der Waals surface area contributed by atoms with Gasteiger partial charge in [0.15, 0.2) is 5.89 Å². The number of aromatic nitrogens is 1. The van der Waals surface area contributed by atoms with Gasteiger partial charge in [0.2, 0.25) is 0 Å². The summed E-state index contributed by atoms with van der Waals surface area (Å²) in [5.74, 6) is 0.863. The molecule has 2 heteroatoms. The van der Waals surface area contributed by atoms with Crippen molar-refractivity contribution in [3.63, 3.8) is 0 Å². The van der Waals surface area contributed by atoms with Gasteiger partial charge in [-0.3, -0.25) is 0 Å². The van der Waals surface area contributed by atoms with Crippen molar-refractivity contribution < 1.29 is 4.42 Å². The lowest BCUT2D eigenvalue weighted by atomic mass is 10.2. The molecular weight excluding hydrogens is 150 g/mol. The molecule has 12 heavy (non-hydrogen) atoms. The van der Waals surface area contributed by atoms with Gasteiger partial charge < -0.3 is 4.42 Å². The molecule has 1 rings (SSSR count). The molecule has 0 aliphatic heterocycles. The Morgan fingerprint density at radius 2 is 2.33 bits per heavy atom. The predicted molar refractivity (Wildman–Crippen MR) is 48.8 cm³/mol. The van der Waals surface area contributed by atoms with Gasteiger partial charge in [-0.05, 0) is 12.8 Å². The van der Waals surface area contributed by atoms with E-state index in [1.54, 1.807) is 6.26 Å². The summed E-state index contributed by atoms with van der Waals surface area (Å²) in [6.45, 7) is 5.92. The second-order valence-electron chi connectivity index (χ2n) is 2.94. The van der Waals surface area contributed by atoms with Gasteiger partial charge in [-0.1, -0.05) is 26.7 Å². The van der Waals surface area contributed by atoms with E-state index < -0.39 is 0 Å². The minimum atomic E-state index is 0.863. The quantitative estimate of drug-likeness (QED) is 0.672. The van der Waals surface area contributed by atoms with Gasteiger partial charge in [0.25, 0.3) is 0 Å². The van der Waals surface area contributed by atoms with Gasteiger partial charge in [0, 0.05) is 6.42 Å². The number of nitrogens with zero attached hydrogens (tertiary/aromatic N) is 1. The zero-order chi connectivity index (χ0) is 8.81. The number of unbranched alkanes of at least 4 members (excludes halogenated alkanes) is 1. The van der Waals surface area contributed by atoms with E-state index in [2.05, 4.69) is 18.8 Å². The molecule has 0 fully saturated rings. The Hall–Kier alpha value is -0.790. The second kappa shape index (κ2) is 4.96. The zero-order valence-corrected chi connectivity index (χ0v) is 7.68. The van der Waals surface area contributed by atoms with E-state index in [9.17, 15) is 0 Å². The van der Waals surface area contributed by atoms with Crippen molar-refractivity contribution in [2.75, 3.05) is 0 Å². The Bertz CT molecular complexity index is 217. The Balaban J connectivity index is 2.41. The van der Waals surface area contributed by atoms with E-state index in [0.717, 1.165) is 43.7 Å². The highest BCUT2D eigenvalue weighted by atomic mass is 16.3. The third-order valence-electron chi connectivity index (χ3n) is 1.75. The fraction of sp³-hybridized carbons (Fsp3) is 0.600. The molecule has 0 unspecified atom stereocenters. The summed E-state index contributed by atoms with van der Waals surface area (Å²) >= 11 is 0. The van der Waals surface area contributed by atoms with Crippen molar-refractivity contribution in [3.8, 4) is 0 Å². The number of hydrogen-bond acceptors (Lipinski definition) is 2. The van der Waals surface area contributed by atoms with Crippen LogP contribution in [0.5, 0.6) is 0 Å². The first-order valence-electron chi connectivity index (χ1n) is 4.59. The molecule has 0 aliphatic carbocycles. The zero-order valence-electron chi connectivity index (χ0n) is 7.68. The summed E-state index contributed by atoms with van der Waals surface area (Å²) in [6, 6.07) is 0. The van der Waals surface area contributed by atoms with Gasteiger partial charge in [-0.15, -0.1) is 0 Å². The van der Waals surface area contributed by atoms with Crippen molar-refractivity contribution in [3.05, 3.63) is 24.8 Å². The normalized spacial score (nSPS) is 10.5. The van der Waals surface area contributed by atoms with E-state index in [1.165, 1.54) is 0 Å². The smallest absolute Gasteiger partial charge is 0.194 e. The van der Waals surface area contributed by atoms with Crippen LogP contribution in [0, 0.1) is 6.92 Å². The van der Waals surface area contributed by atoms with E-state index in [-0.39, 0.29) is 0 Å². The van der Waals surface area contributed by atoms with Crippen LogP contribution in [0.1, 0.15) is 37.8 Å². The van der Waals surface area contributed by atoms with Gasteiger partial charge in [0.05, 0.1) is 5.69 Å². The maximum absolute atomic E-state index is 5.28. The lowest BCUT2D eigenvalue weighted by Gasteiger charge is -1.90. The monoisotopic (exact) mass is 166 g/mol. The number of oxazole rings is 1. The third-order valence-corrected chi connectivity index (χ3v) is 1.75. The molecule has 0 aromatic carbocycles. The summed E-state index contributed by atoms with van der Waals surface area (Å²) in [5.41, 5.74) is 1.08. The van der Waals surface area contributed by atoms with E-state index in [0.29, 0.717) is 0 Å². The Morgan fingerprint density at radius 1 is 1.50 bits per heavy atom. The minimum absolute atomic E-state index is 0.863. The lowest BCUT2D eigenvalue weighted by Crippen LogP contribution is -1.87. The maximum Gasteiger partial charge on any atom is 0.194 e. The first kappa shape index (κ1) is 9.30. The number of rotatable bonds is 5. The van der Waals surface area contributed by atoms with Crippen molar-refractivity contribution in [1.29, 1.82) is 0 Å². The van der Waals surface area contributed by atoms with Crippen LogP contribution in [0.15, 0.2) is 10.7 Å². The van der Waals surface area contributed by atoms with E-state index in [1.807, 2.05) is 0 Å². The summed E-state index contributed by atoms with van der Waals surface area (Å²) in [5, 5.41) is 0. The topological polar surface area (TPSA) is 26.0 Å². The highest BCUT2D eigenvalue weighted by molar-refractivity contribution is 4.96. The highest BCUT2D eigenvalue weighted by Crippen LogP contribution is 2.07. The van der Waals surface area contributed by atoms with Gasteiger partial charge in [-0.25, -0.2) is 4.98 Å². The third kappa shape index (κ3) is 2.68. The predicted octanol–water partition coefficient (Wildman–Crippen LogP) is 2.78. The van der Waals surface area contributed by atoms with Gasteiger partial charge in [-0.2, -0.15) is 0 Å². The summed E-state index contributed by atoms with van der Waals surface area (Å²) in [7, 11) is 0. The molecule has 2 nitrogen and oxygen atoms in total. The van der Waals surface area contributed by atoms with Crippen LogP contribution in [0.3, 0.4) is 0 Å². The largest absolute Gasteiger partial charge is 0.449 e. The summed E-state index contributed by atoms with van der Waals surface area (Å²) in [6.07, 6.45) is 6.85. The van der Waals surface area contributed by atoms with E-state index >= 15 is 0 Å². The molecular formula is C10H16NO. The molecule has 1 aromatic heterocycles. The summed E-state index contributed by atoms with van der Waals surface area (Å²) < 4.78 is 5.28. The van der Waals surface area contributed by atoms with Crippen LogP contribution < -0.4 is 0 Å². The number of aryl methyl sites for hydroxylation is 2. The molecule has 1 aromatic rings. The second-order valence-corrected chi connectivity index (χ2v) is 2.94. The fourth-order valence-corrected chi connectivity index (χ4v) is 1.11. The van der Waals surface area contributed by atoms with Crippen LogP contribution in [-0.4, -0.2) is 4.98 Å². The van der Waals surface area contributed by atoms with Crippen LogP contribution in [0.2, 0.25) is 0 Å². The van der Waals surface area contributed by atoms with Crippen LogP contribution in [-0.2, 0) is 12.8 Å². The molecule has 67 valence electrons. The molecule has 0 saturated carbocycles. The molecule has 1 radical (unpaired) electrons. The van der Waals surface area contributed by atoms with E-state index in [4.69, 9.17) is 4.42 Å². The Morgan fingerprint density at radius 3 is 3.00 bits per heavy atom. The molecule has 0 bridgehead atoms. The Kier molecular flexibility index (Phi) is 3.85. The molecule has 0 saturated heterocycles. The Labute approximate surface area is 74.0 Å². The molecule has 0 N–H and O–H groups in total. The molecule has 0 amide bonds. The van der Waals surface area contributed by atoms with Crippen molar-refractivity contribution in [2.45, 2.75) is 39.0 Å². The first-order valence-corrected chi connectivity index (χ1v) is 4.59. The average Bonchev–Trinajstić information content (AvgIpc) is 2.50. The maximum atomic E-state index is 5.28. The van der Waals surface area contributed by atoms with Crippen LogP contribution >= 0.6 is 0 Å². The van der Waals surface area contributed by atoms with Crippen LogP contribution in [0.4, 0.5) is 0 Å². The molecule has 0 spiro atoms. The number of hydrogen-bond donors (Lipinski definition) is 0. The van der Waals surface area contributed by atoms with Gasteiger partial charge in [0.1, 0.15) is 6.26 Å². The van der Waals surface area contributed by atoms with Crippen LogP contribution in [0.25, 0.3) is 0 Å². The summed E-state index contributed by atoms with van der Waals surface area (Å²) in [4.78, 5) is 4.34. The molecule has 1 heterocycles. The minimum Gasteiger partial charge on any atom is -0.449 e. The average molecular weight is 166 g/mol. The molecule has 0 aliphatic rings. The fourth-order valence-electron chi connectivity index (χ4n) is 1.11. The van der Waals surface area contributed by atoms with Gasteiger partial charge >= 0.3 is 0 Å². The molecule has 0 atom stereocenters. The van der Waals surface area contributed by atoms with Crippen molar-refractivity contribution >= 4 is 0 Å². The van der Waals surface area contributed by atoms with Crippen molar-refractivity contribution in [2.24, 2.45) is 0 Å². The SMILES string of the molecule is [CH2]CCCc1nc(CCC)co1. The lowest BCUT2D eigenvalue weighted by molar-refractivity contribution is 0.487. The highest BCUT2D eigenvalue weighted by Gasteiger charge is 2.01. The van der Waals surface area contributed by atoms with Crippen molar-refractivity contribution in [1.82, 2.24) is 4.98 Å².